The monoisotopic (exact) mass is 269 g/mol. The maximum absolute atomic E-state index is 5.17. The van der Waals surface area contributed by atoms with E-state index in [1.54, 1.807) is 7.11 Å². The normalized spacial score (nSPS) is 26.8. The van der Waals surface area contributed by atoms with E-state index in [1.807, 2.05) is 0 Å². The highest BCUT2D eigenvalue weighted by molar-refractivity contribution is 4.86. The fraction of sp³-hybridized carbons (Fsp3) is 1.00. The smallest absolute Gasteiger partial charge is 0.0462 e. The van der Waals surface area contributed by atoms with Gasteiger partial charge in [0, 0.05) is 19.8 Å². The molecule has 0 radical (unpaired) electrons. The van der Waals surface area contributed by atoms with E-state index in [-0.39, 0.29) is 0 Å². The van der Waals surface area contributed by atoms with Crippen LogP contribution in [0.25, 0.3) is 0 Å². The van der Waals surface area contributed by atoms with Gasteiger partial charge in [0.1, 0.15) is 0 Å². The molecule has 0 bridgehead atoms. The average Bonchev–Trinajstić information content (AvgIpc) is 2.32. The summed E-state index contributed by atoms with van der Waals surface area (Å²) >= 11 is 0. The van der Waals surface area contributed by atoms with Gasteiger partial charge in [0.15, 0.2) is 0 Å². The third-order valence-corrected chi connectivity index (χ3v) is 4.64. The van der Waals surface area contributed by atoms with Crippen molar-refractivity contribution < 1.29 is 4.74 Å². The molecule has 1 rings (SSSR count). The molecule has 1 fully saturated rings. The molecule has 1 aliphatic carbocycles. The van der Waals surface area contributed by atoms with E-state index in [9.17, 15) is 0 Å². The predicted molar refractivity (Wildman–Crippen MR) is 83.5 cm³/mol. The Morgan fingerprint density at radius 3 is 2.58 bits per heavy atom. The zero-order chi connectivity index (χ0) is 14.3. The largest absolute Gasteiger partial charge is 0.385 e. The van der Waals surface area contributed by atoms with Gasteiger partial charge in [-0.25, -0.2) is 0 Å². The van der Waals surface area contributed by atoms with E-state index in [2.05, 4.69) is 33.0 Å². The summed E-state index contributed by atoms with van der Waals surface area (Å²) in [6.45, 7) is 11.5. The van der Waals surface area contributed by atoms with Crippen LogP contribution in [0.3, 0.4) is 0 Å². The first-order valence-corrected chi connectivity index (χ1v) is 8.17. The van der Waals surface area contributed by atoms with Crippen LogP contribution < -0.4 is 5.32 Å². The zero-order valence-corrected chi connectivity index (χ0v) is 13.8. The molecule has 0 saturated heterocycles. The lowest BCUT2D eigenvalue weighted by Gasteiger charge is -2.41. The Bertz CT molecular complexity index is 235. The summed E-state index contributed by atoms with van der Waals surface area (Å²) in [6.07, 6.45) is 8.14. The fourth-order valence-electron chi connectivity index (χ4n) is 3.44. The van der Waals surface area contributed by atoms with Gasteiger partial charge in [0.05, 0.1) is 0 Å². The molecule has 0 spiro atoms. The molecule has 0 aromatic rings. The second-order valence-corrected chi connectivity index (χ2v) is 7.48. The van der Waals surface area contributed by atoms with Gasteiger partial charge in [-0.1, -0.05) is 40.5 Å². The van der Waals surface area contributed by atoms with Crippen molar-refractivity contribution in [3.05, 3.63) is 0 Å². The number of ether oxygens (including phenoxy) is 1. The minimum Gasteiger partial charge on any atom is -0.385 e. The molecule has 19 heavy (non-hydrogen) atoms. The van der Waals surface area contributed by atoms with E-state index in [1.165, 1.54) is 45.1 Å². The second kappa shape index (κ2) is 8.26. The predicted octanol–water partition coefficient (Wildman–Crippen LogP) is 4.24. The van der Waals surface area contributed by atoms with Crippen molar-refractivity contribution in [2.45, 2.75) is 72.3 Å². The molecule has 1 N–H and O–H groups in total. The Balaban J connectivity index is 2.41. The maximum Gasteiger partial charge on any atom is 0.0462 e. The van der Waals surface area contributed by atoms with Crippen LogP contribution in [0.15, 0.2) is 0 Å². The number of unbranched alkanes of at least 4 members (excludes halogenated alkanes) is 1. The highest BCUT2D eigenvalue weighted by Crippen LogP contribution is 2.43. The number of nitrogens with one attached hydrogen (secondary N) is 1. The van der Waals surface area contributed by atoms with Crippen molar-refractivity contribution in [2.24, 2.45) is 17.3 Å². The Hall–Kier alpha value is -0.0800. The van der Waals surface area contributed by atoms with Gasteiger partial charge in [0.2, 0.25) is 0 Å². The van der Waals surface area contributed by atoms with Crippen LogP contribution in [0, 0.1) is 17.3 Å². The molecule has 1 aliphatic rings. The fourth-order valence-corrected chi connectivity index (χ4v) is 3.44. The minimum absolute atomic E-state index is 0.556. The first-order valence-electron chi connectivity index (χ1n) is 8.17. The molecule has 1 saturated carbocycles. The molecule has 2 nitrogen and oxygen atoms in total. The molecular formula is C17H35NO. The van der Waals surface area contributed by atoms with Crippen LogP contribution in [0.1, 0.15) is 66.2 Å². The van der Waals surface area contributed by atoms with Gasteiger partial charge in [-0.15, -0.1) is 0 Å². The molecule has 2 atom stereocenters. The molecule has 0 amide bonds. The lowest BCUT2D eigenvalue weighted by molar-refractivity contribution is 0.103. The Labute approximate surface area is 120 Å². The molecule has 0 heterocycles. The van der Waals surface area contributed by atoms with Gasteiger partial charge in [0.25, 0.3) is 0 Å². The zero-order valence-electron chi connectivity index (χ0n) is 13.8. The van der Waals surface area contributed by atoms with Gasteiger partial charge in [-0.2, -0.15) is 0 Å². The molecule has 0 aromatic heterocycles. The Kier molecular flexibility index (Phi) is 7.38. The Morgan fingerprint density at radius 2 is 1.95 bits per heavy atom. The van der Waals surface area contributed by atoms with E-state index >= 15 is 0 Å². The summed E-state index contributed by atoms with van der Waals surface area (Å²) in [6, 6.07) is 0.615. The van der Waals surface area contributed by atoms with Crippen LogP contribution in [-0.4, -0.2) is 26.3 Å². The second-order valence-electron chi connectivity index (χ2n) is 7.48. The van der Waals surface area contributed by atoms with Crippen molar-refractivity contribution in [1.29, 1.82) is 0 Å². The molecular weight excluding hydrogens is 234 g/mol. The third-order valence-electron chi connectivity index (χ3n) is 4.64. The lowest BCUT2D eigenvalue weighted by atomic mass is 9.66. The van der Waals surface area contributed by atoms with Crippen molar-refractivity contribution >= 4 is 0 Å². The molecule has 0 aliphatic heterocycles. The molecule has 114 valence electrons. The number of hydrogen-bond donors (Lipinski definition) is 1. The van der Waals surface area contributed by atoms with E-state index in [0.29, 0.717) is 11.5 Å². The topological polar surface area (TPSA) is 21.3 Å². The van der Waals surface area contributed by atoms with Crippen LogP contribution in [0.2, 0.25) is 0 Å². The Morgan fingerprint density at radius 1 is 1.21 bits per heavy atom. The summed E-state index contributed by atoms with van der Waals surface area (Å²) in [5.41, 5.74) is 0.556. The third kappa shape index (κ3) is 6.76. The molecule has 2 heteroatoms. The summed E-state index contributed by atoms with van der Waals surface area (Å²) in [7, 11) is 1.80. The van der Waals surface area contributed by atoms with Gasteiger partial charge in [-0.05, 0) is 49.5 Å². The van der Waals surface area contributed by atoms with E-state index in [4.69, 9.17) is 4.74 Å². The summed E-state index contributed by atoms with van der Waals surface area (Å²) in [5.74, 6) is 1.80. The average molecular weight is 269 g/mol. The van der Waals surface area contributed by atoms with Gasteiger partial charge in [-0.3, -0.25) is 0 Å². The summed E-state index contributed by atoms with van der Waals surface area (Å²) < 4.78 is 5.17. The number of hydrogen-bond acceptors (Lipinski definition) is 2. The van der Waals surface area contributed by atoms with Crippen LogP contribution in [-0.2, 0) is 4.74 Å². The summed E-state index contributed by atoms with van der Waals surface area (Å²) in [4.78, 5) is 0. The van der Waals surface area contributed by atoms with Crippen LogP contribution in [0.4, 0.5) is 0 Å². The van der Waals surface area contributed by atoms with Crippen molar-refractivity contribution in [2.75, 3.05) is 20.3 Å². The maximum atomic E-state index is 5.17. The van der Waals surface area contributed by atoms with Crippen molar-refractivity contribution in [3.63, 3.8) is 0 Å². The highest BCUT2D eigenvalue weighted by Gasteiger charge is 2.34. The first-order chi connectivity index (χ1) is 8.94. The quantitative estimate of drug-likeness (QED) is 0.665. The summed E-state index contributed by atoms with van der Waals surface area (Å²) in [5, 5.41) is 3.65. The molecule has 0 aromatic carbocycles. The molecule has 2 unspecified atom stereocenters. The first kappa shape index (κ1) is 17.0. The van der Waals surface area contributed by atoms with E-state index in [0.717, 1.165) is 18.4 Å². The highest BCUT2D eigenvalue weighted by atomic mass is 16.5. The van der Waals surface area contributed by atoms with Crippen molar-refractivity contribution in [3.8, 4) is 0 Å². The van der Waals surface area contributed by atoms with Gasteiger partial charge < -0.3 is 10.1 Å². The van der Waals surface area contributed by atoms with E-state index < -0.39 is 0 Å². The number of rotatable bonds is 8. The minimum atomic E-state index is 0.556. The van der Waals surface area contributed by atoms with Gasteiger partial charge >= 0.3 is 0 Å². The SMILES string of the molecule is COCCCCC1CC(C)(C)CCC1CNC(C)C. The lowest BCUT2D eigenvalue weighted by Crippen LogP contribution is -2.38. The van der Waals surface area contributed by atoms with Crippen LogP contribution in [0.5, 0.6) is 0 Å². The van der Waals surface area contributed by atoms with Crippen LogP contribution >= 0.6 is 0 Å². The standard InChI is InChI=1S/C17H35NO/c1-14(2)18-13-16-9-10-17(3,4)12-15(16)8-6-7-11-19-5/h14-16,18H,6-13H2,1-5H3. The number of methoxy groups -OCH3 is 1. The van der Waals surface area contributed by atoms with Crippen molar-refractivity contribution in [1.82, 2.24) is 5.32 Å².